The fourth-order valence-corrected chi connectivity index (χ4v) is 4.47. The van der Waals surface area contributed by atoms with Crippen LogP contribution >= 0.6 is 0 Å². The molecule has 0 radical (unpaired) electrons. The molecule has 3 atom stereocenters. The molecule has 2 heterocycles. The van der Waals surface area contributed by atoms with Crippen LogP contribution in [0.5, 0.6) is 5.88 Å². The number of nitrogens with one attached hydrogen (secondary N) is 2. The van der Waals surface area contributed by atoms with Gasteiger partial charge < -0.3 is 25.2 Å². The molecule has 1 aliphatic carbocycles. The van der Waals surface area contributed by atoms with Crippen LogP contribution in [0, 0.1) is 5.41 Å². The van der Waals surface area contributed by atoms with E-state index in [4.69, 9.17) is 9.47 Å². The molecule has 3 N–H and O–H groups in total. The molecule has 7 nitrogen and oxygen atoms in total. The number of methoxy groups -OCH3 is 1. The number of aliphatic hydroxyl groups excluding tert-OH is 1. The summed E-state index contributed by atoms with van der Waals surface area (Å²) in [6.07, 6.45) is 5.67. The Hall–Kier alpha value is -2.10. The van der Waals surface area contributed by atoms with Crippen LogP contribution in [-0.2, 0) is 15.5 Å². The summed E-state index contributed by atoms with van der Waals surface area (Å²) in [5.41, 5.74) is -1.22. The van der Waals surface area contributed by atoms with Crippen LogP contribution in [0.4, 0.5) is 8.78 Å². The third-order valence-electron chi connectivity index (χ3n) is 6.79. The summed E-state index contributed by atoms with van der Waals surface area (Å²) in [7, 11) is 1.42. The van der Waals surface area contributed by atoms with Crippen molar-refractivity contribution in [1.29, 1.82) is 0 Å². The van der Waals surface area contributed by atoms with E-state index in [2.05, 4.69) is 22.2 Å². The number of amides is 1. The van der Waals surface area contributed by atoms with Crippen molar-refractivity contribution in [3.63, 3.8) is 0 Å². The number of aliphatic hydroxyl groups is 1. The second-order valence-corrected chi connectivity index (χ2v) is 10.4. The van der Waals surface area contributed by atoms with Gasteiger partial charge >= 0.3 is 0 Å². The highest BCUT2D eigenvalue weighted by Crippen LogP contribution is 2.50. The Balaban J connectivity index is 1.81. The molecule has 1 aromatic rings. The van der Waals surface area contributed by atoms with E-state index in [1.54, 1.807) is 6.08 Å². The summed E-state index contributed by atoms with van der Waals surface area (Å²) in [4.78, 5) is 16.2. The normalized spacial score (nSPS) is 21.1. The minimum Gasteiger partial charge on any atom is -0.471 e. The van der Waals surface area contributed by atoms with Crippen molar-refractivity contribution in [2.75, 3.05) is 20.3 Å². The summed E-state index contributed by atoms with van der Waals surface area (Å²) >= 11 is 0. The Bertz CT molecular complexity index is 883. The molecule has 0 aromatic carbocycles. The van der Waals surface area contributed by atoms with Gasteiger partial charge in [-0.25, -0.2) is 13.8 Å². The highest BCUT2D eigenvalue weighted by atomic mass is 19.3. The van der Waals surface area contributed by atoms with Gasteiger partial charge in [0.2, 0.25) is 11.8 Å². The van der Waals surface area contributed by atoms with Crippen molar-refractivity contribution in [1.82, 2.24) is 15.6 Å². The number of carbonyl (C=O) groups is 1. The third-order valence-corrected chi connectivity index (χ3v) is 6.79. The summed E-state index contributed by atoms with van der Waals surface area (Å²) in [5, 5.41) is 16.9. The lowest BCUT2D eigenvalue weighted by molar-refractivity contribution is -0.126. The largest absolute Gasteiger partial charge is 0.471 e. The topological polar surface area (TPSA) is 92.7 Å². The highest BCUT2D eigenvalue weighted by molar-refractivity contribution is 5.77. The average Bonchev–Trinajstić information content (AvgIpc) is 2.74. The lowest BCUT2D eigenvalue weighted by Gasteiger charge is -2.47. The molecule has 1 aromatic heterocycles. The summed E-state index contributed by atoms with van der Waals surface area (Å²) in [6, 6.07) is 0.602. The zero-order chi connectivity index (χ0) is 25.1. The number of alkyl halides is 2. The third kappa shape index (κ3) is 5.58. The van der Waals surface area contributed by atoms with Crippen LogP contribution in [0.25, 0.3) is 0 Å². The van der Waals surface area contributed by atoms with Crippen LogP contribution in [0.2, 0.25) is 0 Å². The Morgan fingerprint density at radius 2 is 2.15 bits per heavy atom. The molecule has 0 unspecified atom stereocenters. The summed E-state index contributed by atoms with van der Waals surface area (Å²) in [6.45, 7) is 8.22. The number of rotatable bonds is 10. The first-order chi connectivity index (χ1) is 15.9. The van der Waals surface area contributed by atoms with E-state index in [-0.39, 0.29) is 36.3 Å². The van der Waals surface area contributed by atoms with E-state index < -0.39 is 23.5 Å². The van der Waals surface area contributed by atoms with Crippen molar-refractivity contribution in [2.45, 2.75) is 82.6 Å². The molecule has 3 rings (SSSR count). The van der Waals surface area contributed by atoms with Gasteiger partial charge in [-0.05, 0) is 31.7 Å². The predicted octanol–water partition coefficient (Wildman–Crippen LogP) is 3.62. The fraction of sp³-hybridized carbons (Fsp3) is 0.680. The first kappa shape index (κ1) is 26.5. The van der Waals surface area contributed by atoms with Gasteiger partial charge in [0.25, 0.3) is 5.92 Å². The van der Waals surface area contributed by atoms with Crippen LogP contribution < -0.4 is 15.4 Å². The van der Waals surface area contributed by atoms with Crippen LogP contribution in [0.15, 0.2) is 24.9 Å². The van der Waals surface area contributed by atoms with Crippen molar-refractivity contribution < 1.29 is 28.2 Å². The molecule has 0 bridgehead atoms. The van der Waals surface area contributed by atoms with Crippen molar-refractivity contribution >= 4 is 5.91 Å². The number of pyridine rings is 1. The Kier molecular flexibility index (Phi) is 7.99. The Labute approximate surface area is 200 Å². The second kappa shape index (κ2) is 10.3. The molecule has 1 fully saturated rings. The Morgan fingerprint density at radius 1 is 1.44 bits per heavy atom. The number of ether oxygens (including phenoxy) is 2. The molecule has 190 valence electrons. The lowest BCUT2D eigenvalue weighted by Crippen LogP contribution is -2.52. The van der Waals surface area contributed by atoms with Crippen molar-refractivity contribution in [3.05, 3.63) is 36.0 Å². The molecule has 1 saturated carbocycles. The Morgan fingerprint density at radius 3 is 2.71 bits per heavy atom. The maximum absolute atomic E-state index is 15.1. The van der Waals surface area contributed by atoms with E-state index in [0.717, 1.165) is 19.3 Å². The molecule has 1 spiro atoms. The van der Waals surface area contributed by atoms with Gasteiger partial charge in [-0.2, -0.15) is 0 Å². The number of fused-ring (bicyclic) bond motifs is 1. The van der Waals surface area contributed by atoms with Crippen molar-refractivity contribution in [2.24, 2.45) is 5.41 Å². The zero-order valence-corrected chi connectivity index (χ0v) is 20.5. The van der Waals surface area contributed by atoms with Gasteiger partial charge in [-0.3, -0.25) is 4.79 Å². The quantitative estimate of drug-likeness (QED) is 0.442. The van der Waals surface area contributed by atoms with Gasteiger partial charge in [0.05, 0.1) is 12.1 Å². The molecular weight excluding hydrogens is 444 g/mol. The van der Waals surface area contributed by atoms with Gasteiger partial charge in [0, 0.05) is 48.9 Å². The van der Waals surface area contributed by atoms with Crippen LogP contribution in [-0.4, -0.2) is 54.0 Å². The lowest BCUT2D eigenvalue weighted by atomic mass is 9.73. The van der Waals surface area contributed by atoms with E-state index in [9.17, 15) is 9.90 Å². The van der Waals surface area contributed by atoms with Gasteiger partial charge in [0.15, 0.2) is 0 Å². The maximum Gasteiger partial charge on any atom is 0.279 e. The number of nitrogens with zero attached hydrogens (tertiary/aromatic N) is 1. The molecular formula is C25H37F2N3O4. The summed E-state index contributed by atoms with van der Waals surface area (Å²) < 4.78 is 41.2. The first-order valence-corrected chi connectivity index (χ1v) is 11.8. The highest BCUT2D eigenvalue weighted by Gasteiger charge is 2.49. The van der Waals surface area contributed by atoms with Gasteiger partial charge in [0.1, 0.15) is 12.2 Å². The predicted molar refractivity (Wildman–Crippen MR) is 125 cm³/mol. The van der Waals surface area contributed by atoms with E-state index in [0.29, 0.717) is 24.3 Å². The minimum atomic E-state index is -3.08. The molecule has 9 heteroatoms. The molecule has 1 aliphatic heterocycles. The van der Waals surface area contributed by atoms with Gasteiger partial charge in [-0.15, -0.1) is 6.58 Å². The van der Waals surface area contributed by atoms with E-state index in [1.165, 1.54) is 40.1 Å². The molecule has 34 heavy (non-hydrogen) atoms. The van der Waals surface area contributed by atoms with Crippen molar-refractivity contribution in [3.8, 4) is 5.88 Å². The fourth-order valence-electron chi connectivity index (χ4n) is 4.47. The number of hydrogen-bond acceptors (Lipinski definition) is 6. The number of halogens is 2. The number of aromatic nitrogens is 1. The minimum absolute atomic E-state index is 0.111. The van der Waals surface area contributed by atoms with Crippen LogP contribution in [0.3, 0.4) is 0 Å². The standard InChI is InChI=1S/C25H37F2N3O4/c1-6-8-18(30-21(32)15-33-5)20(31)14-28-19-12-24(9-7-10-24)34-22-17(19)11-16(13-29-22)25(26,27)23(2,3)4/h6,11,13,18-20,28,31H,1,7-10,12,14-15H2,2-5H3,(H,30,32)/t18-,19-,20+/m0/s1. The zero-order valence-electron chi connectivity index (χ0n) is 20.5. The number of carbonyl (C=O) groups excluding carboxylic acids is 1. The molecule has 1 amide bonds. The second-order valence-electron chi connectivity index (χ2n) is 10.4. The van der Waals surface area contributed by atoms with E-state index in [1.807, 2.05) is 0 Å². The molecule has 0 saturated heterocycles. The van der Waals surface area contributed by atoms with Crippen LogP contribution in [0.1, 0.15) is 70.0 Å². The summed E-state index contributed by atoms with van der Waals surface area (Å²) in [5.74, 6) is -3.05. The molecule has 2 aliphatic rings. The number of hydrogen-bond donors (Lipinski definition) is 3. The maximum atomic E-state index is 15.1. The van der Waals surface area contributed by atoms with E-state index >= 15 is 8.78 Å². The van der Waals surface area contributed by atoms with Gasteiger partial charge in [-0.1, -0.05) is 26.8 Å². The average molecular weight is 482 g/mol. The first-order valence-electron chi connectivity index (χ1n) is 11.8. The SMILES string of the molecule is C=CC[C@H](NC(=O)COC)[C@H](O)CN[C@H]1CC2(CCC2)Oc2ncc(C(F)(F)C(C)(C)C)cc21. The smallest absolute Gasteiger partial charge is 0.279 e. The monoisotopic (exact) mass is 481 g/mol.